The molecular weight excluding hydrogens is 346 g/mol. The second kappa shape index (κ2) is 6.36. The number of piperidine rings is 1. The van der Waals surface area contributed by atoms with Crippen LogP contribution in [-0.2, 0) is 14.3 Å². The van der Waals surface area contributed by atoms with E-state index in [1.807, 2.05) is 0 Å². The van der Waals surface area contributed by atoms with Gasteiger partial charge < -0.3 is 23.7 Å². The van der Waals surface area contributed by atoms with Gasteiger partial charge in [0.25, 0.3) is 5.91 Å². The Bertz CT molecular complexity index is 724. The van der Waals surface area contributed by atoms with Gasteiger partial charge in [0.1, 0.15) is 4.92 Å². The lowest BCUT2D eigenvalue weighted by Gasteiger charge is -2.43. The molecule has 1 spiro atoms. The molecule has 3 fully saturated rings. The lowest BCUT2D eigenvalue weighted by molar-refractivity contribution is -0.402. The maximum atomic E-state index is 12.6. The number of nitro groups is 1. The third-order valence-corrected chi connectivity index (χ3v) is 5.15. The molecule has 0 saturated carbocycles. The summed E-state index contributed by atoms with van der Waals surface area (Å²) in [5.74, 6) is -1.74. The van der Waals surface area contributed by atoms with Gasteiger partial charge in [-0.25, -0.2) is 0 Å². The molecule has 0 N–H and O–H groups in total. The first-order valence-electron chi connectivity index (χ1n) is 8.58. The molecule has 4 heterocycles. The molecule has 4 rings (SSSR count). The minimum Gasteiger partial charge on any atom is -0.395 e. The van der Waals surface area contributed by atoms with Crippen molar-refractivity contribution in [2.45, 2.75) is 18.6 Å². The summed E-state index contributed by atoms with van der Waals surface area (Å²) in [5.41, 5.74) is 0. The van der Waals surface area contributed by atoms with Gasteiger partial charge in [0, 0.05) is 39.0 Å². The highest BCUT2D eigenvalue weighted by atomic mass is 16.7. The number of rotatable bonds is 3. The quantitative estimate of drug-likeness (QED) is 0.570. The van der Waals surface area contributed by atoms with Crippen LogP contribution in [0.15, 0.2) is 16.5 Å². The molecule has 0 radical (unpaired) electrons. The topological polar surface area (TPSA) is 115 Å². The van der Waals surface area contributed by atoms with Gasteiger partial charge in [-0.3, -0.25) is 19.7 Å². The van der Waals surface area contributed by atoms with E-state index in [1.165, 1.54) is 11.0 Å². The maximum Gasteiger partial charge on any atom is 0.433 e. The molecule has 140 valence electrons. The summed E-state index contributed by atoms with van der Waals surface area (Å²) in [4.78, 5) is 38.0. The number of carbonyl (C=O) groups is 2. The van der Waals surface area contributed by atoms with Crippen molar-refractivity contribution in [3.63, 3.8) is 0 Å². The molecule has 3 saturated heterocycles. The van der Waals surface area contributed by atoms with E-state index in [4.69, 9.17) is 13.9 Å². The largest absolute Gasteiger partial charge is 0.433 e. The van der Waals surface area contributed by atoms with Gasteiger partial charge in [0.05, 0.1) is 25.2 Å². The summed E-state index contributed by atoms with van der Waals surface area (Å²) in [7, 11) is 0. The van der Waals surface area contributed by atoms with E-state index < -0.39 is 22.5 Å². The molecule has 1 aromatic rings. The van der Waals surface area contributed by atoms with Crippen LogP contribution in [0.25, 0.3) is 0 Å². The molecule has 2 amide bonds. The van der Waals surface area contributed by atoms with Gasteiger partial charge in [-0.15, -0.1) is 0 Å². The first kappa shape index (κ1) is 17.0. The summed E-state index contributed by atoms with van der Waals surface area (Å²) in [6, 6.07) is 2.42. The third kappa shape index (κ3) is 2.95. The fourth-order valence-electron chi connectivity index (χ4n) is 3.61. The van der Waals surface area contributed by atoms with Crippen LogP contribution in [0.2, 0.25) is 0 Å². The Kier molecular flexibility index (Phi) is 4.16. The standard InChI is InChI=1S/C16H19N3O7/c20-14(17-5-3-16(4-6-17)24-7-8-25-16)11-9-18(10-11)15(21)12-1-2-13(26-12)19(22)23/h1-2,11H,3-10H2. The number of furan rings is 1. The Balaban J connectivity index is 1.28. The monoisotopic (exact) mass is 365 g/mol. The number of likely N-dealkylation sites (tertiary alicyclic amines) is 2. The Morgan fingerprint density at radius 3 is 2.35 bits per heavy atom. The Morgan fingerprint density at radius 1 is 1.12 bits per heavy atom. The molecule has 3 aliphatic heterocycles. The first-order valence-corrected chi connectivity index (χ1v) is 8.58. The number of hydrogen-bond acceptors (Lipinski definition) is 7. The van der Waals surface area contributed by atoms with Gasteiger partial charge in [-0.2, -0.15) is 0 Å². The summed E-state index contributed by atoms with van der Waals surface area (Å²) in [6.07, 6.45) is 1.31. The van der Waals surface area contributed by atoms with Gasteiger partial charge in [-0.05, 0) is 6.07 Å². The van der Waals surface area contributed by atoms with Crippen molar-refractivity contribution in [1.82, 2.24) is 9.80 Å². The lowest BCUT2D eigenvalue weighted by atomic mass is 9.95. The van der Waals surface area contributed by atoms with Gasteiger partial charge in [0.2, 0.25) is 5.91 Å². The van der Waals surface area contributed by atoms with Crippen molar-refractivity contribution in [3.8, 4) is 0 Å². The third-order valence-electron chi connectivity index (χ3n) is 5.15. The van der Waals surface area contributed by atoms with Crippen LogP contribution in [-0.4, -0.2) is 71.7 Å². The Labute approximate surface area is 148 Å². The molecule has 0 aromatic carbocycles. The fraction of sp³-hybridized carbons (Fsp3) is 0.625. The van der Waals surface area contributed by atoms with Crippen LogP contribution in [0.5, 0.6) is 0 Å². The van der Waals surface area contributed by atoms with E-state index in [9.17, 15) is 19.7 Å². The maximum absolute atomic E-state index is 12.6. The molecule has 1 aromatic heterocycles. The SMILES string of the molecule is O=C(c1ccc([N+](=O)[O-])o1)N1CC(C(=O)N2CCC3(CC2)OCCO3)C1. The second-order valence-electron chi connectivity index (χ2n) is 6.73. The van der Waals surface area contributed by atoms with E-state index in [0.29, 0.717) is 52.2 Å². The summed E-state index contributed by atoms with van der Waals surface area (Å²) >= 11 is 0. The zero-order valence-electron chi connectivity index (χ0n) is 14.1. The Morgan fingerprint density at radius 2 is 1.77 bits per heavy atom. The van der Waals surface area contributed by atoms with Crippen molar-refractivity contribution in [1.29, 1.82) is 0 Å². The first-order chi connectivity index (χ1) is 12.5. The van der Waals surface area contributed by atoms with E-state index in [1.54, 1.807) is 4.90 Å². The number of amides is 2. The van der Waals surface area contributed by atoms with E-state index in [-0.39, 0.29) is 17.6 Å². The van der Waals surface area contributed by atoms with Crippen LogP contribution < -0.4 is 0 Å². The average molecular weight is 365 g/mol. The van der Waals surface area contributed by atoms with Crippen molar-refractivity contribution < 1.29 is 28.4 Å². The molecule has 10 heteroatoms. The highest BCUT2D eigenvalue weighted by Gasteiger charge is 2.44. The molecule has 0 bridgehead atoms. The van der Waals surface area contributed by atoms with E-state index in [0.717, 1.165) is 6.07 Å². The number of nitrogens with zero attached hydrogens (tertiary/aromatic N) is 3. The van der Waals surface area contributed by atoms with Crippen molar-refractivity contribution in [3.05, 3.63) is 28.0 Å². The number of carbonyl (C=O) groups excluding carboxylic acids is 2. The van der Waals surface area contributed by atoms with Crippen molar-refractivity contribution >= 4 is 17.7 Å². The number of hydrogen-bond donors (Lipinski definition) is 0. The predicted octanol–water partition coefficient (Wildman–Crippen LogP) is 0.625. The smallest absolute Gasteiger partial charge is 0.395 e. The molecule has 0 unspecified atom stereocenters. The molecule has 0 atom stereocenters. The summed E-state index contributed by atoms with van der Waals surface area (Å²) in [5, 5.41) is 10.6. The van der Waals surface area contributed by atoms with Crippen LogP contribution in [0.3, 0.4) is 0 Å². The summed E-state index contributed by atoms with van der Waals surface area (Å²) in [6.45, 7) is 2.93. The van der Waals surface area contributed by atoms with Gasteiger partial charge >= 0.3 is 5.88 Å². The molecule has 3 aliphatic rings. The predicted molar refractivity (Wildman–Crippen MR) is 85.2 cm³/mol. The number of ether oxygens (including phenoxy) is 2. The highest BCUT2D eigenvalue weighted by Crippen LogP contribution is 2.32. The second-order valence-corrected chi connectivity index (χ2v) is 6.73. The lowest BCUT2D eigenvalue weighted by Crippen LogP contribution is -2.58. The van der Waals surface area contributed by atoms with Crippen LogP contribution in [0, 0.1) is 16.0 Å². The van der Waals surface area contributed by atoms with Crippen LogP contribution in [0.4, 0.5) is 5.88 Å². The minimum absolute atomic E-state index is 0.0207. The normalized spacial score (nSPS) is 22.5. The minimum atomic E-state index is -0.694. The van der Waals surface area contributed by atoms with Gasteiger partial charge in [0.15, 0.2) is 11.5 Å². The molecular formula is C16H19N3O7. The summed E-state index contributed by atoms with van der Waals surface area (Å²) < 4.78 is 16.2. The molecule has 10 nitrogen and oxygen atoms in total. The molecule has 0 aliphatic carbocycles. The van der Waals surface area contributed by atoms with E-state index >= 15 is 0 Å². The van der Waals surface area contributed by atoms with Gasteiger partial charge in [-0.1, -0.05) is 0 Å². The Hall–Kier alpha value is -2.46. The zero-order valence-corrected chi connectivity index (χ0v) is 14.1. The van der Waals surface area contributed by atoms with Crippen LogP contribution >= 0.6 is 0 Å². The van der Waals surface area contributed by atoms with Crippen LogP contribution in [0.1, 0.15) is 23.4 Å². The highest BCUT2D eigenvalue weighted by molar-refractivity contribution is 5.94. The zero-order chi connectivity index (χ0) is 18.3. The van der Waals surface area contributed by atoms with Crippen molar-refractivity contribution in [2.75, 3.05) is 39.4 Å². The van der Waals surface area contributed by atoms with E-state index in [2.05, 4.69) is 0 Å². The van der Waals surface area contributed by atoms with Crippen molar-refractivity contribution in [2.24, 2.45) is 5.92 Å². The molecule has 26 heavy (non-hydrogen) atoms. The fourth-order valence-corrected chi connectivity index (χ4v) is 3.61. The average Bonchev–Trinajstić information content (AvgIpc) is 3.24.